The van der Waals surface area contributed by atoms with Gasteiger partial charge in [0.15, 0.2) is 0 Å². The lowest BCUT2D eigenvalue weighted by molar-refractivity contribution is 0.390. The number of aryl methyl sites for hydroxylation is 4. The Hall–Kier alpha value is -3.28. The van der Waals surface area contributed by atoms with E-state index < -0.39 is 0 Å². The van der Waals surface area contributed by atoms with E-state index in [4.69, 9.17) is 4.74 Å². The Morgan fingerprint density at radius 2 is 1.83 bits per heavy atom. The van der Waals surface area contributed by atoms with Crippen LogP contribution < -0.4 is 4.74 Å². The molecule has 0 amide bonds. The SMILES string of the molecule is COc1ncc(F)cc1CCc1ncc(Cc2c[nH]c3ncc(C)cc23)cc1C. The first-order valence-corrected chi connectivity index (χ1v) is 9.59. The van der Waals surface area contributed by atoms with Gasteiger partial charge in [0.1, 0.15) is 11.5 Å². The summed E-state index contributed by atoms with van der Waals surface area (Å²) in [4.78, 5) is 16.3. The summed E-state index contributed by atoms with van der Waals surface area (Å²) in [6.07, 6.45) is 9.09. The van der Waals surface area contributed by atoms with Crippen molar-refractivity contribution in [1.82, 2.24) is 19.9 Å². The Kier molecular flexibility index (Phi) is 5.25. The third-order valence-corrected chi connectivity index (χ3v) is 5.11. The van der Waals surface area contributed by atoms with E-state index in [9.17, 15) is 4.39 Å². The number of hydrogen-bond acceptors (Lipinski definition) is 4. The molecule has 0 saturated heterocycles. The number of methoxy groups -OCH3 is 1. The van der Waals surface area contributed by atoms with Crippen molar-refractivity contribution in [3.8, 4) is 5.88 Å². The highest BCUT2D eigenvalue weighted by Gasteiger charge is 2.11. The predicted octanol–water partition coefficient (Wildman–Crippen LogP) is 4.49. The molecule has 5 nitrogen and oxygen atoms in total. The average molecular weight is 390 g/mol. The highest BCUT2D eigenvalue weighted by molar-refractivity contribution is 5.80. The smallest absolute Gasteiger partial charge is 0.216 e. The largest absolute Gasteiger partial charge is 0.481 e. The fraction of sp³-hybridized carbons (Fsp3) is 0.261. The first-order chi connectivity index (χ1) is 14.0. The molecule has 4 aromatic rings. The maximum Gasteiger partial charge on any atom is 0.216 e. The summed E-state index contributed by atoms with van der Waals surface area (Å²) in [7, 11) is 1.55. The summed E-state index contributed by atoms with van der Waals surface area (Å²) in [6.45, 7) is 4.11. The molecule has 148 valence electrons. The first-order valence-electron chi connectivity index (χ1n) is 9.59. The van der Waals surface area contributed by atoms with Crippen LogP contribution in [0, 0.1) is 19.7 Å². The lowest BCUT2D eigenvalue weighted by Gasteiger charge is -2.10. The molecule has 0 saturated carbocycles. The molecular formula is C23H23FN4O. The molecule has 4 rings (SSSR count). The van der Waals surface area contributed by atoms with Crippen LogP contribution in [0.4, 0.5) is 4.39 Å². The molecule has 0 atom stereocenters. The monoisotopic (exact) mass is 390 g/mol. The number of aromatic nitrogens is 4. The third kappa shape index (κ3) is 4.11. The van der Waals surface area contributed by atoms with Crippen molar-refractivity contribution in [2.24, 2.45) is 0 Å². The van der Waals surface area contributed by atoms with E-state index >= 15 is 0 Å². The maximum atomic E-state index is 13.5. The second-order valence-corrected chi connectivity index (χ2v) is 7.33. The van der Waals surface area contributed by atoms with Crippen molar-refractivity contribution in [2.75, 3.05) is 7.11 Å². The number of H-pyrrole nitrogens is 1. The maximum absolute atomic E-state index is 13.5. The van der Waals surface area contributed by atoms with Crippen LogP contribution >= 0.6 is 0 Å². The van der Waals surface area contributed by atoms with Crippen molar-refractivity contribution >= 4 is 11.0 Å². The van der Waals surface area contributed by atoms with Crippen molar-refractivity contribution in [3.05, 3.63) is 82.3 Å². The Morgan fingerprint density at radius 3 is 2.62 bits per heavy atom. The molecule has 0 aromatic carbocycles. The number of rotatable bonds is 6. The molecule has 1 N–H and O–H groups in total. The lowest BCUT2D eigenvalue weighted by Crippen LogP contribution is -2.02. The van der Waals surface area contributed by atoms with Gasteiger partial charge in [0.05, 0.1) is 13.3 Å². The number of nitrogens with one attached hydrogen (secondary N) is 1. The summed E-state index contributed by atoms with van der Waals surface area (Å²) in [6, 6.07) is 5.80. The zero-order valence-corrected chi connectivity index (χ0v) is 16.8. The molecule has 0 aliphatic heterocycles. The van der Waals surface area contributed by atoms with E-state index in [2.05, 4.69) is 39.0 Å². The van der Waals surface area contributed by atoms with Gasteiger partial charge in [0.2, 0.25) is 5.88 Å². The zero-order valence-electron chi connectivity index (χ0n) is 16.8. The van der Waals surface area contributed by atoms with Crippen molar-refractivity contribution in [1.29, 1.82) is 0 Å². The Labute approximate surface area is 169 Å². The van der Waals surface area contributed by atoms with Crippen LogP contribution in [0.2, 0.25) is 0 Å². The van der Waals surface area contributed by atoms with Crippen LogP contribution in [0.5, 0.6) is 5.88 Å². The summed E-state index contributed by atoms with van der Waals surface area (Å²) in [5.41, 5.74) is 7.28. The summed E-state index contributed by atoms with van der Waals surface area (Å²) in [5, 5.41) is 1.15. The first kappa shape index (κ1) is 19.1. The number of nitrogens with zero attached hydrogens (tertiary/aromatic N) is 3. The van der Waals surface area contributed by atoms with Crippen LogP contribution in [-0.4, -0.2) is 27.0 Å². The van der Waals surface area contributed by atoms with E-state index in [1.54, 1.807) is 7.11 Å². The highest BCUT2D eigenvalue weighted by atomic mass is 19.1. The molecule has 4 aromatic heterocycles. The van der Waals surface area contributed by atoms with Crippen molar-refractivity contribution in [2.45, 2.75) is 33.1 Å². The summed E-state index contributed by atoms with van der Waals surface area (Å²) < 4.78 is 18.8. The minimum absolute atomic E-state index is 0.357. The molecule has 29 heavy (non-hydrogen) atoms. The van der Waals surface area contributed by atoms with Crippen LogP contribution in [0.1, 0.15) is 33.5 Å². The van der Waals surface area contributed by atoms with E-state index in [1.807, 2.05) is 25.5 Å². The standard InChI is InChI=1S/C23H23FN4O/c1-14-6-20-18(12-27-22(20)26-10-14)8-16-7-15(2)21(25-11-16)5-4-17-9-19(24)13-28-23(17)29-3/h6-7,9-13H,4-5,8H2,1-3H3,(H,26,27). The van der Waals surface area contributed by atoms with Gasteiger partial charge in [-0.15, -0.1) is 0 Å². The number of pyridine rings is 3. The van der Waals surface area contributed by atoms with Crippen LogP contribution in [-0.2, 0) is 19.3 Å². The van der Waals surface area contributed by atoms with Crippen molar-refractivity contribution in [3.63, 3.8) is 0 Å². The highest BCUT2D eigenvalue weighted by Crippen LogP contribution is 2.22. The van der Waals surface area contributed by atoms with Gasteiger partial charge >= 0.3 is 0 Å². The number of hydrogen-bond donors (Lipinski definition) is 1. The van der Waals surface area contributed by atoms with Gasteiger partial charge in [-0.3, -0.25) is 4.98 Å². The minimum Gasteiger partial charge on any atom is -0.481 e. The Bertz CT molecular complexity index is 1170. The second-order valence-electron chi connectivity index (χ2n) is 7.33. The van der Waals surface area contributed by atoms with Gasteiger partial charge in [0, 0.05) is 41.7 Å². The van der Waals surface area contributed by atoms with Gasteiger partial charge in [-0.1, -0.05) is 6.07 Å². The molecule has 0 spiro atoms. The minimum atomic E-state index is -0.357. The lowest BCUT2D eigenvalue weighted by atomic mass is 10.0. The predicted molar refractivity (Wildman–Crippen MR) is 111 cm³/mol. The van der Waals surface area contributed by atoms with Crippen LogP contribution in [0.25, 0.3) is 11.0 Å². The van der Waals surface area contributed by atoms with Gasteiger partial charge in [0.25, 0.3) is 0 Å². The quantitative estimate of drug-likeness (QED) is 0.527. The summed E-state index contributed by atoms with van der Waals surface area (Å²) >= 11 is 0. The zero-order chi connectivity index (χ0) is 20.4. The van der Waals surface area contributed by atoms with E-state index in [1.165, 1.54) is 17.8 Å². The Morgan fingerprint density at radius 1 is 0.966 bits per heavy atom. The fourth-order valence-electron chi connectivity index (χ4n) is 3.63. The molecule has 0 aliphatic rings. The third-order valence-electron chi connectivity index (χ3n) is 5.11. The van der Waals surface area contributed by atoms with Gasteiger partial charge in [-0.25, -0.2) is 14.4 Å². The van der Waals surface area contributed by atoms with Crippen LogP contribution in [0.15, 0.2) is 43.0 Å². The van der Waals surface area contributed by atoms with Gasteiger partial charge in [-0.2, -0.15) is 0 Å². The van der Waals surface area contributed by atoms with E-state index in [-0.39, 0.29) is 5.82 Å². The van der Waals surface area contributed by atoms with Crippen molar-refractivity contribution < 1.29 is 9.13 Å². The fourth-order valence-corrected chi connectivity index (χ4v) is 3.63. The molecule has 0 radical (unpaired) electrons. The molecule has 0 fully saturated rings. The molecule has 0 unspecified atom stereocenters. The average Bonchev–Trinajstić information content (AvgIpc) is 3.09. The Balaban J connectivity index is 1.51. The van der Waals surface area contributed by atoms with Gasteiger partial charge < -0.3 is 9.72 Å². The summed E-state index contributed by atoms with van der Waals surface area (Å²) in [5.74, 6) is 0.105. The molecule has 6 heteroatoms. The second kappa shape index (κ2) is 7.99. The van der Waals surface area contributed by atoms with E-state index in [0.29, 0.717) is 18.7 Å². The molecular weight excluding hydrogens is 367 g/mol. The van der Waals surface area contributed by atoms with Crippen LogP contribution in [0.3, 0.4) is 0 Å². The molecule has 0 aliphatic carbocycles. The van der Waals surface area contributed by atoms with E-state index in [0.717, 1.165) is 45.4 Å². The number of halogens is 1. The number of ether oxygens (including phenoxy) is 1. The number of fused-ring (bicyclic) bond motifs is 1. The number of aromatic amines is 1. The molecule has 0 bridgehead atoms. The topological polar surface area (TPSA) is 63.7 Å². The van der Waals surface area contributed by atoms with Gasteiger partial charge in [-0.05, 0) is 61.1 Å². The molecule has 4 heterocycles. The normalized spacial score (nSPS) is 11.2.